The van der Waals surface area contributed by atoms with E-state index in [0.717, 1.165) is 11.3 Å². The predicted octanol–water partition coefficient (Wildman–Crippen LogP) is 3.62. The van der Waals surface area contributed by atoms with Gasteiger partial charge in [-0.05, 0) is 42.3 Å². The van der Waals surface area contributed by atoms with Crippen LogP contribution in [0.15, 0.2) is 40.7 Å². The van der Waals surface area contributed by atoms with Crippen LogP contribution in [0, 0.1) is 0 Å². The molecule has 3 rings (SSSR count). The molecule has 0 aliphatic heterocycles. The Hall–Kier alpha value is -2.03. The summed E-state index contributed by atoms with van der Waals surface area (Å²) in [5.41, 5.74) is 1.09. The molecule has 0 spiro atoms. The second-order valence-electron chi connectivity index (χ2n) is 5.29. The molecule has 3 aromatic rings. The second kappa shape index (κ2) is 6.70. The number of hydrogen-bond donors (Lipinski definition) is 1. The van der Waals surface area contributed by atoms with Gasteiger partial charge in [-0.3, -0.25) is 4.79 Å². The van der Waals surface area contributed by atoms with Crippen molar-refractivity contribution in [2.75, 3.05) is 7.11 Å². The fourth-order valence-corrected chi connectivity index (χ4v) is 5.51. The minimum Gasteiger partial charge on any atom is -0.497 e. The Morgan fingerprint density at radius 1 is 1.32 bits per heavy atom. The summed E-state index contributed by atoms with van der Waals surface area (Å²) in [4.78, 5) is 10.9. The smallest absolute Gasteiger partial charge is 0.303 e. The minimum absolute atomic E-state index is 0.0960. The molecule has 25 heavy (non-hydrogen) atoms. The van der Waals surface area contributed by atoms with Gasteiger partial charge in [0.25, 0.3) is 10.0 Å². The highest BCUT2D eigenvalue weighted by molar-refractivity contribution is 7.92. The molecule has 9 heteroatoms. The van der Waals surface area contributed by atoms with E-state index in [1.54, 1.807) is 18.2 Å². The van der Waals surface area contributed by atoms with Crippen LogP contribution in [0.25, 0.3) is 10.9 Å². The van der Waals surface area contributed by atoms with Crippen molar-refractivity contribution in [2.24, 2.45) is 0 Å². The van der Waals surface area contributed by atoms with Gasteiger partial charge in [0, 0.05) is 18.0 Å². The van der Waals surface area contributed by atoms with Gasteiger partial charge in [0.15, 0.2) is 0 Å². The number of hydrogen-bond acceptors (Lipinski definition) is 5. The van der Waals surface area contributed by atoms with Crippen molar-refractivity contribution in [2.45, 2.75) is 17.1 Å². The van der Waals surface area contributed by atoms with E-state index >= 15 is 0 Å². The lowest BCUT2D eigenvalue weighted by atomic mass is 10.1. The van der Waals surface area contributed by atoms with Gasteiger partial charge in [0.2, 0.25) is 0 Å². The van der Waals surface area contributed by atoms with E-state index in [2.05, 4.69) is 0 Å². The van der Waals surface area contributed by atoms with Gasteiger partial charge in [-0.2, -0.15) is 8.42 Å². The first-order valence-electron chi connectivity index (χ1n) is 7.23. The lowest BCUT2D eigenvalue weighted by Crippen LogP contribution is -2.10. The highest BCUT2D eigenvalue weighted by atomic mass is 35.5. The molecule has 0 aliphatic carbocycles. The number of carboxylic acids is 1. The van der Waals surface area contributed by atoms with E-state index in [0.29, 0.717) is 26.6 Å². The molecule has 2 heterocycles. The maximum Gasteiger partial charge on any atom is 0.303 e. The van der Waals surface area contributed by atoms with Gasteiger partial charge in [0.1, 0.15) is 9.96 Å². The molecule has 0 fully saturated rings. The van der Waals surface area contributed by atoms with Crippen molar-refractivity contribution in [1.29, 1.82) is 0 Å². The lowest BCUT2D eigenvalue weighted by Gasteiger charge is -2.06. The van der Waals surface area contributed by atoms with Crippen LogP contribution in [-0.2, 0) is 21.2 Å². The summed E-state index contributed by atoms with van der Waals surface area (Å²) in [6.07, 6.45) is 1.59. The molecule has 2 aromatic heterocycles. The second-order valence-corrected chi connectivity index (χ2v) is 9.05. The summed E-state index contributed by atoms with van der Waals surface area (Å²) >= 11 is 6.84. The summed E-state index contributed by atoms with van der Waals surface area (Å²) in [5.74, 6) is -0.380. The van der Waals surface area contributed by atoms with Gasteiger partial charge in [0.05, 0.1) is 17.0 Å². The predicted molar refractivity (Wildman–Crippen MR) is 96.4 cm³/mol. The topological polar surface area (TPSA) is 85.6 Å². The van der Waals surface area contributed by atoms with Crippen LogP contribution >= 0.6 is 22.9 Å². The number of carboxylic acid groups (broad SMARTS) is 1. The third-order valence-corrected chi connectivity index (χ3v) is 7.10. The molecule has 0 saturated carbocycles. The van der Waals surface area contributed by atoms with Crippen LogP contribution in [0.3, 0.4) is 0 Å². The first-order chi connectivity index (χ1) is 11.8. The summed E-state index contributed by atoms with van der Waals surface area (Å²) in [6, 6.07) is 8.00. The third kappa shape index (κ3) is 3.37. The number of fused-ring (bicyclic) bond motifs is 1. The van der Waals surface area contributed by atoms with Crippen molar-refractivity contribution >= 4 is 49.8 Å². The molecule has 0 atom stereocenters. The Morgan fingerprint density at radius 2 is 2.08 bits per heavy atom. The van der Waals surface area contributed by atoms with Crippen molar-refractivity contribution in [3.63, 3.8) is 0 Å². The molecular formula is C16H14ClNO5S2. The van der Waals surface area contributed by atoms with Crippen molar-refractivity contribution in [1.82, 2.24) is 3.97 Å². The molecule has 0 amide bonds. The zero-order valence-corrected chi connectivity index (χ0v) is 15.5. The van der Waals surface area contributed by atoms with Crippen LogP contribution in [0.1, 0.15) is 12.0 Å². The van der Waals surface area contributed by atoms with Gasteiger partial charge < -0.3 is 9.84 Å². The van der Waals surface area contributed by atoms with Crippen molar-refractivity contribution < 1.29 is 23.1 Å². The number of nitrogens with zero attached hydrogens (tertiary/aromatic N) is 1. The van der Waals surface area contributed by atoms with Crippen molar-refractivity contribution in [3.8, 4) is 5.75 Å². The van der Waals surface area contributed by atoms with E-state index in [4.69, 9.17) is 21.4 Å². The molecule has 132 valence electrons. The third-order valence-electron chi connectivity index (χ3n) is 3.73. The highest BCUT2D eigenvalue weighted by Crippen LogP contribution is 2.33. The van der Waals surface area contributed by atoms with Gasteiger partial charge in [-0.15, -0.1) is 11.3 Å². The standard InChI is InChI=1S/C16H14ClNO5S2/c1-23-11-3-4-13-12(8-11)10(2-6-15(19)20)9-18(13)25(21,22)16-7-5-14(17)24-16/h3-5,7-9H,2,6H2,1H3,(H,19,20). The molecule has 0 saturated heterocycles. The first kappa shape index (κ1) is 17.8. The number of ether oxygens (including phenoxy) is 1. The number of aliphatic carboxylic acids is 1. The lowest BCUT2D eigenvalue weighted by molar-refractivity contribution is -0.136. The largest absolute Gasteiger partial charge is 0.497 e. The first-order valence-corrected chi connectivity index (χ1v) is 9.87. The number of methoxy groups -OCH3 is 1. The minimum atomic E-state index is -3.82. The fraction of sp³-hybridized carbons (Fsp3) is 0.188. The Bertz CT molecular complexity index is 1050. The maximum atomic E-state index is 12.9. The molecule has 1 aromatic carbocycles. The average Bonchev–Trinajstić information content (AvgIpc) is 3.16. The number of aromatic nitrogens is 1. The van der Waals surface area contributed by atoms with Crippen molar-refractivity contribution in [3.05, 3.63) is 46.4 Å². The van der Waals surface area contributed by atoms with Crippen LogP contribution in [0.5, 0.6) is 5.75 Å². The Labute approximate surface area is 153 Å². The van der Waals surface area contributed by atoms with Gasteiger partial charge in [-0.1, -0.05) is 11.6 Å². The van der Waals surface area contributed by atoms with E-state index < -0.39 is 16.0 Å². The van der Waals surface area contributed by atoms with Crippen LogP contribution in [0.4, 0.5) is 0 Å². The zero-order valence-electron chi connectivity index (χ0n) is 13.1. The maximum absolute atomic E-state index is 12.9. The molecule has 0 radical (unpaired) electrons. The van der Waals surface area contributed by atoms with Crippen LogP contribution < -0.4 is 4.74 Å². The van der Waals surface area contributed by atoms with Gasteiger partial charge in [-0.25, -0.2) is 3.97 Å². The Balaban J connectivity index is 2.19. The van der Waals surface area contributed by atoms with Crippen LogP contribution in [-0.4, -0.2) is 30.6 Å². The number of carbonyl (C=O) groups is 1. The summed E-state index contributed by atoms with van der Waals surface area (Å²) in [6.45, 7) is 0. The Kier molecular flexibility index (Phi) is 4.77. The number of halogens is 1. The number of rotatable bonds is 6. The van der Waals surface area contributed by atoms with E-state index in [1.165, 1.54) is 29.4 Å². The van der Waals surface area contributed by atoms with Crippen LogP contribution in [0.2, 0.25) is 4.34 Å². The van der Waals surface area contributed by atoms with E-state index in [9.17, 15) is 13.2 Å². The zero-order chi connectivity index (χ0) is 18.2. The normalized spacial score (nSPS) is 11.8. The molecule has 6 nitrogen and oxygen atoms in total. The Morgan fingerprint density at radius 3 is 2.68 bits per heavy atom. The summed E-state index contributed by atoms with van der Waals surface area (Å²) in [5, 5.41) is 9.58. The molecule has 0 bridgehead atoms. The van der Waals surface area contributed by atoms with E-state index in [1.807, 2.05) is 0 Å². The monoisotopic (exact) mass is 399 g/mol. The number of aryl methyl sites for hydroxylation is 1. The average molecular weight is 400 g/mol. The molecule has 0 aliphatic rings. The number of thiophene rings is 1. The number of benzene rings is 1. The highest BCUT2D eigenvalue weighted by Gasteiger charge is 2.23. The summed E-state index contributed by atoms with van der Waals surface area (Å²) in [7, 11) is -2.31. The quantitative estimate of drug-likeness (QED) is 0.684. The fourth-order valence-electron chi connectivity index (χ4n) is 2.55. The SMILES string of the molecule is COc1ccc2c(c1)c(CCC(=O)O)cn2S(=O)(=O)c1ccc(Cl)s1. The summed E-state index contributed by atoms with van der Waals surface area (Å²) < 4.78 is 32.7. The molecular weight excluding hydrogens is 386 g/mol. The molecule has 1 N–H and O–H groups in total. The van der Waals surface area contributed by atoms with Gasteiger partial charge >= 0.3 is 5.97 Å². The van der Waals surface area contributed by atoms with E-state index in [-0.39, 0.29) is 17.1 Å². The molecule has 0 unspecified atom stereocenters.